The van der Waals surface area contributed by atoms with Crippen LogP contribution in [0.3, 0.4) is 0 Å². The normalized spacial score (nSPS) is 27.1. The maximum Gasteiger partial charge on any atom is 0.141 e. The molecule has 1 aliphatic heterocycles. The molecule has 0 aromatic rings. The SMILES string of the molecule is CCC(CC)C(=O)C1CCOC1CC. The molecule has 1 saturated heterocycles. The lowest BCUT2D eigenvalue weighted by Gasteiger charge is -2.20. The van der Waals surface area contributed by atoms with E-state index in [0.717, 1.165) is 32.3 Å². The maximum absolute atomic E-state index is 12.1. The molecule has 1 rings (SSSR count). The summed E-state index contributed by atoms with van der Waals surface area (Å²) in [5.41, 5.74) is 0. The summed E-state index contributed by atoms with van der Waals surface area (Å²) in [7, 11) is 0. The number of hydrogen-bond donors (Lipinski definition) is 0. The van der Waals surface area contributed by atoms with Crippen LogP contribution < -0.4 is 0 Å². The monoisotopic (exact) mass is 198 g/mol. The van der Waals surface area contributed by atoms with Crippen molar-refractivity contribution in [3.63, 3.8) is 0 Å². The fraction of sp³-hybridized carbons (Fsp3) is 0.917. The van der Waals surface area contributed by atoms with E-state index in [1.54, 1.807) is 0 Å². The molecule has 2 unspecified atom stereocenters. The summed E-state index contributed by atoms with van der Waals surface area (Å²) in [6.45, 7) is 7.07. The molecule has 0 radical (unpaired) electrons. The Labute approximate surface area is 87.0 Å². The zero-order valence-electron chi connectivity index (χ0n) is 9.58. The first-order chi connectivity index (χ1) is 6.74. The van der Waals surface area contributed by atoms with E-state index in [1.165, 1.54) is 0 Å². The highest BCUT2D eigenvalue weighted by Crippen LogP contribution is 2.28. The average Bonchev–Trinajstić information content (AvgIpc) is 2.67. The summed E-state index contributed by atoms with van der Waals surface area (Å²) in [5.74, 6) is 0.889. The van der Waals surface area contributed by atoms with E-state index in [9.17, 15) is 4.79 Å². The average molecular weight is 198 g/mol. The van der Waals surface area contributed by atoms with Gasteiger partial charge in [0.1, 0.15) is 5.78 Å². The van der Waals surface area contributed by atoms with E-state index in [1.807, 2.05) is 0 Å². The van der Waals surface area contributed by atoms with Gasteiger partial charge in [-0.3, -0.25) is 4.79 Å². The third-order valence-electron chi connectivity index (χ3n) is 3.37. The lowest BCUT2D eigenvalue weighted by atomic mass is 9.84. The van der Waals surface area contributed by atoms with E-state index < -0.39 is 0 Å². The highest BCUT2D eigenvalue weighted by Gasteiger charge is 2.34. The van der Waals surface area contributed by atoms with Crippen molar-refractivity contribution < 1.29 is 9.53 Å². The van der Waals surface area contributed by atoms with Crippen LogP contribution in [-0.2, 0) is 9.53 Å². The third-order valence-corrected chi connectivity index (χ3v) is 3.37. The topological polar surface area (TPSA) is 26.3 Å². The minimum absolute atomic E-state index is 0.185. The highest BCUT2D eigenvalue weighted by molar-refractivity contribution is 5.84. The number of rotatable bonds is 5. The molecule has 1 fully saturated rings. The quantitative estimate of drug-likeness (QED) is 0.679. The minimum atomic E-state index is 0.185. The van der Waals surface area contributed by atoms with Crippen LogP contribution in [0.4, 0.5) is 0 Å². The van der Waals surface area contributed by atoms with Gasteiger partial charge in [-0.1, -0.05) is 20.8 Å². The Hall–Kier alpha value is -0.370. The van der Waals surface area contributed by atoms with Gasteiger partial charge < -0.3 is 4.74 Å². The number of ether oxygens (including phenoxy) is 1. The Morgan fingerprint density at radius 3 is 2.50 bits per heavy atom. The van der Waals surface area contributed by atoms with E-state index in [4.69, 9.17) is 4.74 Å². The van der Waals surface area contributed by atoms with Crippen LogP contribution in [0.1, 0.15) is 46.5 Å². The summed E-state index contributed by atoms with van der Waals surface area (Å²) in [6.07, 6.45) is 4.05. The Morgan fingerprint density at radius 1 is 1.36 bits per heavy atom. The van der Waals surface area contributed by atoms with E-state index in [0.29, 0.717) is 5.78 Å². The minimum Gasteiger partial charge on any atom is -0.377 e. The molecular formula is C12H22O2. The van der Waals surface area contributed by atoms with Gasteiger partial charge in [0.2, 0.25) is 0 Å². The van der Waals surface area contributed by atoms with Crippen LogP contribution in [0, 0.1) is 11.8 Å². The zero-order chi connectivity index (χ0) is 10.6. The molecule has 1 aliphatic rings. The summed E-state index contributed by atoms with van der Waals surface area (Å²) >= 11 is 0. The molecule has 0 spiro atoms. The number of carbonyl (C=O) groups excluding carboxylic acids is 1. The number of Topliss-reactive ketones (excluding diaryl/α,β-unsaturated/α-hetero) is 1. The van der Waals surface area contributed by atoms with Crippen LogP contribution in [-0.4, -0.2) is 18.5 Å². The first-order valence-electron chi connectivity index (χ1n) is 5.89. The van der Waals surface area contributed by atoms with Crippen molar-refractivity contribution in [1.82, 2.24) is 0 Å². The van der Waals surface area contributed by atoms with Gasteiger partial charge in [0, 0.05) is 18.4 Å². The zero-order valence-corrected chi connectivity index (χ0v) is 9.58. The lowest BCUT2D eigenvalue weighted by Crippen LogP contribution is -2.29. The van der Waals surface area contributed by atoms with Crippen LogP contribution in [0.5, 0.6) is 0 Å². The maximum atomic E-state index is 12.1. The second-order valence-electron chi connectivity index (χ2n) is 4.13. The van der Waals surface area contributed by atoms with Gasteiger partial charge in [0.05, 0.1) is 6.10 Å². The standard InChI is InChI=1S/C12H22O2/c1-4-9(5-2)12(13)10-7-8-14-11(10)6-3/h9-11H,4-8H2,1-3H3. The molecular weight excluding hydrogens is 176 g/mol. The molecule has 82 valence electrons. The first kappa shape index (κ1) is 11.7. The number of ketones is 1. The molecule has 0 aliphatic carbocycles. The van der Waals surface area contributed by atoms with Crippen molar-refractivity contribution in [2.45, 2.75) is 52.6 Å². The van der Waals surface area contributed by atoms with Gasteiger partial charge in [0.25, 0.3) is 0 Å². The summed E-state index contributed by atoms with van der Waals surface area (Å²) in [6, 6.07) is 0. The molecule has 2 heteroatoms. The first-order valence-corrected chi connectivity index (χ1v) is 5.89. The van der Waals surface area contributed by atoms with Crippen molar-refractivity contribution in [3.8, 4) is 0 Å². The summed E-state index contributed by atoms with van der Waals surface area (Å²) in [5, 5.41) is 0. The summed E-state index contributed by atoms with van der Waals surface area (Å²) < 4.78 is 5.55. The van der Waals surface area contributed by atoms with Crippen molar-refractivity contribution in [3.05, 3.63) is 0 Å². The highest BCUT2D eigenvalue weighted by atomic mass is 16.5. The third kappa shape index (κ3) is 2.35. The molecule has 0 saturated carbocycles. The molecule has 0 amide bonds. The van der Waals surface area contributed by atoms with Crippen LogP contribution >= 0.6 is 0 Å². The molecule has 1 heterocycles. The van der Waals surface area contributed by atoms with Gasteiger partial charge in [-0.15, -0.1) is 0 Å². The summed E-state index contributed by atoms with van der Waals surface area (Å²) in [4.78, 5) is 12.1. The Balaban J connectivity index is 2.58. The fourth-order valence-electron chi connectivity index (χ4n) is 2.37. The fourth-order valence-corrected chi connectivity index (χ4v) is 2.37. The van der Waals surface area contributed by atoms with E-state index >= 15 is 0 Å². The molecule has 2 nitrogen and oxygen atoms in total. The van der Waals surface area contributed by atoms with Gasteiger partial charge in [-0.05, 0) is 25.7 Å². The van der Waals surface area contributed by atoms with E-state index in [-0.39, 0.29) is 17.9 Å². The second kappa shape index (κ2) is 5.50. The molecule has 2 atom stereocenters. The van der Waals surface area contributed by atoms with Crippen LogP contribution in [0.2, 0.25) is 0 Å². The largest absolute Gasteiger partial charge is 0.377 e. The van der Waals surface area contributed by atoms with Crippen molar-refractivity contribution in [2.75, 3.05) is 6.61 Å². The van der Waals surface area contributed by atoms with Crippen molar-refractivity contribution in [2.24, 2.45) is 11.8 Å². The predicted octanol–water partition coefficient (Wildman–Crippen LogP) is 2.81. The van der Waals surface area contributed by atoms with Crippen LogP contribution in [0.15, 0.2) is 0 Å². The number of carbonyl (C=O) groups is 1. The van der Waals surface area contributed by atoms with Gasteiger partial charge in [0.15, 0.2) is 0 Å². The van der Waals surface area contributed by atoms with Gasteiger partial charge >= 0.3 is 0 Å². The lowest BCUT2D eigenvalue weighted by molar-refractivity contribution is -0.128. The van der Waals surface area contributed by atoms with Crippen molar-refractivity contribution >= 4 is 5.78 Å². The van der Waals surface area contributed by atoms with Gasteiger partial charge in [-0.2, -0.15) is 0 Å². The Bertz CT molecular complexity index is 185. The van der Waals surface area contributed by atoms with E-state index in [2.05, 4.69) is 20.8 Å². The molecule has 0 aromatic carbocycles. The molecule has 0 N–H and O–H groups in total. The molecule has 0 bridgehead atoms. The smallest absolute Gasteiger partial charge is 0.141 e. The molecule has 14 heavy (non-hydrogen) atoms. The second-order valence-corrected chi connectivity index (χ2v) is 4.13. The van der Waals surface area contributed by atoms with Gasteiger partial charge in [-0.25, -0.2) is 0 Å². The Morgan fingerprint density at radius 2 is 2.00 bits per heavy atom. The Kier molecular flexibility index (Phi) is 4.59. The molecule has 0 aromatic heterocycles. The van der Waals surface area contributed by atoms with Crippen LogP contribution in [0.25, 0.3) is 0 Å². The predicted molar refractivity (Wildman–Crippen MR) is 57.2 cm³/mol. The van der Waals surface area contributed by atoms with Crippen molar-refractivity contribution in [1.29, 1.82) is 0 Å². The number of hydrogen-bond acceptors (Lipinski definition) is 2.